The molecule has 2 N–H and O–H groups in total. The predicted molar refractivity (Wildman–Crippen MR) is 139 cm³/mol. The zero-order valence-corrected chi connectivity index (χ0v) is 21.2. The highest BCUT2D eigenvalue weighted by Gasteiger charge is 2.10. The van der Waals surface area contributed by atoms with E-state index in [1.54, 1.807) is 14.2 Å². The third-order valence-corrected chi connectivity index (χ3v) is 4.82. The van der Waals surface area contributed by atoms with Crippen molar-refractivity contribution in [2.75, 3.05) is 27.2 Å². The molecule has 2 aromatic carbocycles. The van der Waals surface area contributed by atoms with Gasteiger partial charge in [-0.1, -0.05) is 42.5 Å². The number of imidazole rings is 1. The van der Waals surface area contributed by atoms with Crippen LogP contribution in [0.15, 0.2) is 72.0 Å². The topological polar surface area (TPSA) is 72.7 Å². The molecule has 172 valence electrons. The van der Waals surface area contributed by atoms with E-state index in [4.69, 9.17) is 9.47 Å². The van der Waals surface area contributed by atoms with E-state index in [9.17, 15) is 0 Å². The zero-order valence-electron chi connectivity index (χ0n) is 18.8. The van der Waals surface area contributed by atoms with Gasteiger partial charge in [0.05, 0.1) is 13.7 Å². The van der Waals surface area contributed by atoms with Gasteiger partial charge in [0.15, 0.2) is 17.5 Å². The Hall–Kier alpha value is -2.75. The summed E-state index contributed by atoms with van der Waals surface area (Å²) in [4.78, 5) is 8.80. The van der Waals surface area contributed by atoms with Gasteiger partial charge in [-0.15, -0.1) is 24.0 Å². The molecule has 0 saturated carbocycles. The molecule has 8 heteroatoms. The summed E-state index contributed by atoms with van der Waals surface area (Å²) in [5.74, 6) is 3.23. The Morgan fingerprint density at radius 1 is 1.06 bits per heavy atom. The van der Waals surface area contributed by atoms with E-state index in [1.165, 1.54) is 5.56 Å². The molecule has 0 saturated heterocycles. The molecule has 0 amide bonds. The van der Waals surface area contributed by atoms with Crippen LogP contribution in [0.5, 0.6) is 11.5 Å². The molecule has 1 unspecified atom stereocenters. The SMILES string of the molecule is CN=C(NCCc1nccn1Cc1ccccc1)NCC(C)Oc1ccccc1OC.I. The number of ether oxygens (including phenoxy) is 2. The van der Waals surface area contributed by atoms with Crippen molar-refractivity contribution in [1.29, 1.82) is 0 Å². The van der Waals surface area contributed by atoms with E-state index in [0.717, 1.165) is 42.8 Å². The zero-order chi connectivity index (χ0) is 21.9. The molecule has 32 heavy (non-hydrogen) atoms. The van der Waals surface area contributed by atoms with E-state index in [0.29, 0.717) is 6.54 Å². The number of methoxy groups -OCH3 is 1. The Kier molecular flexibility index (Phi) is 10.9. The summed E-state index contributed by atoms with van der Waals surface area (Å²) in [5.41, 5.74) is 1.26. The van der Waals surface area contributed by atoms with Crippen LogP contribution in [-0.2, 0) is 13.0 Å². The van der Waals surface area contributed by atoms with Gasteiger partial charge in [0.25, 0.3) is 0 Å². The minimum absolute atomic E-state index is 0. The van der Waals surface area contributed by atoms with Gasteiger partial charge < -0.3 is 24.7 Å². The number of hydrogen-bond donors (Lipinski definition) is 2. The maximum Gasteiger partial charge on any atom is 0.191 e. The molecule has 3 aromatic rings. The van der Waals surface area contributed by atoms with Crippen molar-refractivity contribution in [3.63, 3.8) is 0 Å². The van der Waals surface area contributed by atoms with E-state index >= 15 is 0 Å². The van der Waals surface area contributed by atoms with E-state index in [2.05, 4.69) is 49.4 Å². The number of rotatable bonds is 10. The number of halogens is 1. The van der Waals surface area contributed by atoms with Crippen molar-refractivity contribution in [1.82, 2.24) is 20.2 Å². The predicted octanol–water partition coefficient (Wildman–Crippen LogP) is 3.73. The third-order valence-electron chi connectivity index (χ3n) is 4.82. The monoisotopic (exact) mass is 549 g/mol. The second kappa shape index (κ2) is 13.6. The minimum atomic E-state index is -0.0559. The maximum absolute atomic E-state index is 5.98. The Morgan fingerprint density at radius 2 is 1.78 bits per heavy atom. The summed E-state index contributed by atoms with van der Waals surface area (Å²) in [6.45, 7) is 4.17. The fourth-order valence-corrected chi connectivity index (χ4v) is 3.22. The van der Waals surface area contributed by atoms with Crippen LogP contribution >= 0.6 is 24.0 Å². The van der Waals surface area contributed by atoms with Crippen LogP contribution in [0.25, 0.3) is 0 Å². The normalized spacial score (nSPS) is 11.9. The molecule has 0 radical (unpaired) electrons. The Balaban J connectivity index is 0.00000363. The average Bonchev–Trinajstić information content (AvgIpc) is 3.23. The van der Waals surface area contributed by atoms with Crippen molar-refractivity contribution < 1.29 is 9.47 Å². The molecule has 0 fully saturated rings. The lowest BCUT2D eigenvalue weighted by Crippen LogP contribution is -2.42. The standard InChI is InChI=1S/C24H31N5O2.HI/c1-19(31-22-12-8-7-11-21(22)30-3)17-28-24(25-2)27-14-13-23-26-15-16-29(23)18-20-9-5-4-6-10-20;/h4-12,15-16,19H,13-14,17-18H2,1-3H3,(H2,25,27,28);1H. The maximum atomic E-state index is 5.98. The number of aliphatic imine (C=N–C) groups is 1. The van der Waals surface area contributed by atoms with Gasteiger partial charge in [0.1, 0.15) is 11.9 Å². The minimum Gasteiger partial charge on any atom is -0.493 e. The first-order valence-electron chi connectivity index (χ1n) is 10.5. The Bertz CT molecular complexity index is 962. The van der Waals surface area contributed by atoms with Gasteiger partial charge in [-0.25, -0.2) is 4.98 Å². The summed E-state index contributed by atoms with van der Waals surface area (Å²) in [7, 11) is 3.40. The Labute approximate surface area is 207 Å². The second-order valence-corrected chi connectivity index (χ2v) is 7.17. The summed E-state index contributed by atoms with van der Waals surface area (Å²) in [5, 5.41) is 6.65. The first kappa shape index (κ1) is 25.5. The lowest BCUT2D eigenvalue weighted by atomic mass is 10.2. The van der Waals surface area contributed by atoms with Crippen LogP contribution in [0.1, 0.15) is 18.3 Å². The van der Waals surface area contributed by atoms with Crippen molar-refractivity contribution in [3.05, 3.63) is 78.4 Å². The summed E-state index contributed by atoms with van der Waals surface area (Å²) in [6.07, 6.45) is 4.61. The van der Waals surface area contributed by atoms with Crippen molar-refractivity contribution in [2.24, 2.45) is 4.99 Å². The molecule has 7 nitrogen and oxygen atoms in total. The van der Waals surface area contributed by atoms with Crippen LogP contribution in [0.4, 0.5) is 0 Å². The number of hydrogen-bond acceptors (Lipinski definition) is 4. The van der Waals surface area contributed by atoms with Gasteiger partial charge in [0, 0.05) is 39.0 Å². The summed E-state index contributed by atoms with van der Waals surface area (Å²) >= 11 is 0. The highest BCUT2D eigenvalue weighted by atomic mass is 127. The number of nitrogens with zero attached hydrogens (tertiary/aromatic N) is 3. The molecule has 1 atom stereocenters. The molecule has 3 rings (SSSR count). The second-order valence-electron chi connectivity index (χ2n) is 7.17. The number of aromatic nitrogens is 2. The molecule has 0 spiro atoms. The van der Waals surface area contributed by atoms with E-state index in [1.807, 2.05) is 49.6 Å². The van der Waals surface area contributed by atoms with Gasteiger partial charge >= 0.3 is 0 Å². The third kappa shape index (κ3) is 7.74. The smallest absolute Gasteiger partial charge is 0.191 e. The quantitative estimate of drug-likeness (QED) is 0.229. The first-order chi connectivity index (χ1) is 15.2. The van der Waals surface area contributed by atoms with Crippen LogP contribution in [0, 0.1) is 0 Å². The number of benzene rings is 2. The number of nitrogens with one attached hydrogen (secondary N) is 2. The lowest BCUT2D eigenvalue weighted by molar-refractivity contribution is 0.213. The molecule has 0 aliphatic heterocycles. The molecule has 0 aliphatic carbocycles. The van der Waals surface area contributed by atoms with Gasteiger partial charge in [-0.3, -0.25) is 4.99 Å². The van der Waals surface area contributed by atoms with Crippen molar-refractivity contribution in [2.45, 2.75) is 26.0 Å². The van der Waals surface area contributed by atoms with Crippen LogP contribution < -0.4 is 20.1 Å². The van der Waals surface area contributed by atoms with E-state index < -0.39 is 0 Å². The molecule has 1 heterocycles. The first-order valence-corrected chi connectivity index (χ1v) is 10.5. The van der Waals surface area contributed by atoms with Crippen LogP contribution in [0.3, 0.4) is 0 Å². The average molecular weight is 549 g/mol. The fraction of sp³-hybridized carbons (Fsp3) is 0.333. The van der Waals surface area contributed by atoms with Gasteiger partial charge in [-0.05, 0) is 24.6 Å². The number of para-hydroxylation sites is 2. The highest BCUT2D eigenvalue weighted by molar-refractivity contribution is 14.0. The molecule has 0 bridgehead atoms. The number of guanidine groups is 1. The molecular formula is C24H32IN5O2. The summed E-state index contributed by atoms with van der Waals surface area (Å²) in [6, 6.07) is 18.0. The van der Waals surface area contributed by atoms with Crippen LogP contribution in [-0.4, -0.2) is 48.9 Å². The Morgan fingerprint density at radius 3 is 2.50 bits per heavy atom. The molecular weight excluding hydrogens is 517 g/mol. The highest BCUT2D eigenvalue weighted by Crippen LogP contribution is 2.26. The van der Waals surface area contributed by atoms with Gasteiger partial charge in [0.2, 0.25) is 0 Å². The molecule has 1 aromatic heterocycles. The van der Waals surface area contributed by atoms with Crippen molar-refractivity contribution in [3.8, 4) is 11.5 Å². The largest absolute Gasteiger partial charge is 0.493 e. The molecule has 0 aliphatic rings. The van der Waals surface area contributed by atoms with Gasteiger partial charge in [-0.2, -0.15) is 0 Å². The van der Waals surface area contributed by atoms with Crippen LogP contribution in [0.2, 0.25) is 0 Å². The fourth-order valence-electron chi connectivity index (χ4n) is 3.22. The van der Waals surface area contributed by atoms with Crippen molar-refractivity contribution >= 4 is 29.9 Å². The lowest BCUT2D eigenvalue weighted by Gasteiger charge is -2.19. The summed E-state index contributed by atoms with van der Waals surface area (Å²) < 4.78 is 13.5. The van der Waals surface area contributed by atoms with E-state index in [-0.39, 0.29) is 30.1 Å².